The van der Waals surface area contributed by atoms with Crippen molar-refractivity contribution in [3.63, 3.8) is 0 Å². The van der Waals surface area contributed by atoms with Gasteiger partial charge in [0.1, 0.15) is 11.5 Å². The molecule has 2 aliphatic rings. The molecule has 0 atom stereocenters. The lowest BCUT2D eigenvalue weighted by Gasteiger charge is -2.23. The average molecular weight is 722 g/mol. The first kappa shape index (κ1) is 32.0. The summed E-state index contributed by atoms with van der Waals surface area (Å²) < 4.78 is 2.16. The van der Waals surface area contributed by atoms with E-state index in [2.05, 4.69) is 158 Å². The van der Waals surface area contributed by atoms with E-state index >= 15 is 0 Å². The van der Waals surface area contributed by atoms with Crippen LogP contribution < -0.4 is 0 Å². The first-order valence-corrected chi connectivity index (χ1v) is 19.6. The molecule has 11 rings (SSSR count). The molecule has 0 amide bonds. The molecule has 0 bridgehead atoms. The van der Waals surface area contributed by atoms with Crippen molar-refractivity contribution in [2.75, 3.05) is 0 Å². The Hall–Kier alpha value is -6.49. The molecule has 0 saturated carbocycles. The van der Waals surface area contributed by atoms with E-state index in [1.54, 1.807) is 0 Å². The van der Waals surface area contributed by atoms with Gasteiger partial charge in [0.05, 0.1) is 5.52 Å². The third-order valence-electron chi connectivity index (χ3n) is 11.6. The molecule has 9 aromatic rings. The monoisotopic (exact) mass is 721 g/mol. The molecule has 6 aromatic carbocycles. The molecule has 0 fully saturated rings. The number of rotatable bonds is 2. The summed E-state index contributed by atoms with van der Waals surface area (Å²) >= 11 is 1.88. The Labute approximate surface area is 324 Å². The summed E-state index contributed by atoms with van der Waals surface area (Å²) in [6.07, 6.45) is 8.29. The second-order valence-electron chi connectivity index (χ2n) is 15.0. The van der Waals surface area contributed by atoms with Crippen LogP contribution in [0.3, 0.4) is 0 Å². The Morgan fingerprint density at radius 1 is 0.473 bits per heavy atom. The fourth-order valence-electron chi connectivity index (χ4n) is 8.84. The Morgan fingerprint density at radius 3 is 2.07 bits per heavy atom. The van der Waals surface area contributed by atoms with Gasteiger partial charge < -0.3 is 0 Å². The van der Waals surface area contributed by atoms with Gasteiger partial charge in [-0.3, -0.25) is 4.57 Å². The van der Waals surface area contributed by atoms with Crippen molar-refractivity contribution in [3.05, 3.63) is 186 Å². The van der Waals surface area contributed by atoms with Crippen LogP contribution in [0.4, 0.5) is 0 Å². The van der Waals surface area contributed by atoms with Crippen LogP contribution in [0.25, 0.3) is 84.4 Å². The van der Waals surface area contributed by atoms with Crippen molar-refractivity contribution in [3.8, 4) is 50.3 Å². The fourth-order valence-corrected chi connectivity index (χ4v) is 9.97. The lowest BCUT2D eigenvalue weighted by molar-refractivity contribution is 0.659. The van der Waals surface area contributed by atoms with Gasteiger partial charge >= 0.3 is 0 Å². The molecule has 260 valence electrons. The van der Waals surface area contributed by atoms with E-state index in [-0.39, 0.29) is 5.41 Å². The van der Waals surface area contributed by atoms with Crippen LogP contribution >= 0.6 is 11.8 Å². The first-order valence-electron chi connectivity index (χ1n) is 18.8. The van der Waals surface area contributed by atoms with E-state index in [1.165, 1.54) is 71.0 Å². The molecule has 1 aliphatic heterocycles. The zero-order valence-corrected chi connectivity index (χ0v) is 31.3. The van der Waals surface area contributed by atoms with Crippen molar-refractivity contribution < 1.29 is 0 Å². The number of hydrogen-bond acceptors (Lipinski definition) is 3. The fraction of sp³-hybridized carbons (Fsp3) is 0.0588. The van der Waals surface area contributed by atoms with Crippen molar-refractivity contribution >= 4 is 45.9 Å². The zero-order chi connectivity index (χ0) is 36.7. The molecular formula is C51H35N3S. The average Bonchev–Trinajstić information content (AvgIpc) is 3.67. The Bertz CT molecular complexity index is 3040. The summed E-state index contributed by atoms with van der Waals surface area (Å²) in [5, 5.41) is 2.27. The normalized spacial score (nSPS) is 14.2. The van der Waals surface area contributed by atoms with Crippen molar-refractivity contribution in [2.45, 2.75) is 29.1 Å². The SMILES string of the molecule is CC1(C)c2ccccc2-c2cc3c(cc21)Sc1ccccc1-c1ccccc1/C=C\c1ccc(-c2ccc4c(c2)c2cccnc2n4-c2ccccn2)cc1-3. The summed E-state index contributed by atoms with van der Waals surface area (Å²) in [4.78, 5) is 12.0. The molecular weight excluding hydrogens is 687 g/mol. The van der Waals surface area contributed by atoms with Crippen LogP contribution in [0.5, 0.6) is 0 Å². The maximum Gasteiger partial charge on any atom is 0.146 e. The molecule has 55 heavy (non-hydrogen) atoms. The number of aromatic nitrogens is 3. The Morgan fingerprint density at radius 2 is 1.20 bits per heavy atom. The molecule has 0 saturated heterocycles. The standard InChI is InChI=1S/C51H35N3S/c1-51(2)44-17-7-5-14-37(44)41-30-43-40-28-34(35-24-25-46-42(29-35)39-16-11-27-53-50(39)54(46)49-19-9-10-26-52-49)23-22-33(40)21-20-32-12-3-4-13-36(32)38-15-6-8-18-47(38)55-48(43)31-45(41)51/h3-31H,1-2H3/b21-20-. The predicted octanol–water partition coefficient (Wildman–Crippen LogP) is 13.5. The molecule has 4 heterocycles. The smallest absolute Gasteiger partial charge is 0.146 e. The third kappa shape index (κ3) is 4.98. The van der Waals surface area contributed by atoms with Crippen molar-refractivity contribution in [1.82, 2.24) is 14.5 Å². The molecule has 1 aliphatic carbocycles. The number of benzene rings is 6. The minimum atomic E-state index is -0.108. The lowest BCUT2D eigenvalue weighted by Crippen LogP contribution is -2.15. The summed E-state index contributed by atoms with van der Waals surface area (Å²) in [7, 11) is 0. The van der Waals surface area contributed by atoms with Crippen LogP contribution in [0.2, 0.25) is 0 Å². The predicted molar refractivity (Wildman–Crippen MR) is 230 cm³/mol. The summed E-state index contributed by atoms with van der Waals surface area (Å²) in [6.45, 7) is 4.74. The van der Waals surface area contributed by atoms with E-state index in [9.17, 15) is 0 Å². The Balaban J connectivity index is 1.17. The topological polar surface area (TPSA) is 30.7 Å². The molecule has 0 N–H and O–H groups in total. The van der Waals surface area contributed by atoms with Crippen LogP contribution in [0.1, 0.15) is 36.1 Å². The highest BCUT2D eigenvalue weighted by Gasteiger charge is 2.36. The van der Waals surface area contributed by atoms with E-state index in [1.807, 2.05) is 48.4 Å². The van der Waals surface area contributed by atoms with Crippen molar-refractivity contribution in [2.24, 2.45) is 0 Å². The lowest BCUT2D eigenvalue weighted by atomic mass is 9.82. The largest absolute Gasteiger partial charge is 0.278 e. The first-order chi connectivity index (χ1) is 27.0. The van der Waals surface area contributed by atoms with Gasteiger partial charge in [0.15, 0.2) is 0 Å². The molecule has 3 nitrogen and oxygen atoms in total. The number of fused-ring (bicyclic) bond motifs is 12. The maximum absolute atomic E-state index is 4.82. The van der Waals surface area contributed by atoms with E-state index < -0.39 is 0 Å². The highest BCUT2D eigenvalue weighted by molar-refractivity contribution is 7.99. The molecule has 0 spiro atoms. The third-order valence-corrected chi connectivity index (χ3v) is 12.7. The van der Waals surface area contributed by atoms with E-state index in [4.69, 9.17) is 9.97 Å². The van der Waals surface area contributed by atoms with Gasteiger partial charge in [0.2, 0.25) is 0 Å². The molecule has 3 aromatic heterocycles. The molecule has 0 unspecified atom stereocenters. The van der Waals surface area contributed by atoms with Gasteiger partial charge in [-0.15, -0.1) is 0 Å². The van der Waals surface area contributed by atoms with Crippen LogP contribution in [-0.4, -0.2) is 14.5 Å². The molecule has 0 radical (unpaired) electrons. The molecule has 4 heteroatoms. The van der Waals surface area contributed by atoms with Crippen LogP contribution in [-0.2, 0) is 5.41 Å². The number of pyridine rings is 2. The van der Waals surface area contributed by atoms with Gasteiger partial charge in [-0.05, 0) is 127 Å². The van der Waals surface area contributed by atoms with E-state index in [0.29, 0.717) is 0 Å². The Kier molecular flexibility index (Phi) is 7.14. The minimum absolute atomic E-state index is 0.108. The van der Waals surface area contributed by atoms with Crippen molar-refractivity contribution in [1.29, 1.82) is 0 Å². The quantitative estimate of drug-likeness (QED) is 0.178. The van der Waals surface area contributed by atoms with Gasteiger partial charge in [-0.1, -0.05) is 129 Å². The van der Waals surface area contributed by atoms with Gasteiger partial charge in [0, 0.05) is 38.4 Å². The summed E-state index contributed by atoms with van der Waals surface area (Å²) in [5.41, 5.74) is 17.0. The van der Waals surface area contributed by atoms with Crippen LogP contribution in [0, 0.1) is 0 Å². The van der Waals surface area contributed by atoms with Gasteiger partial charge in [0.25, 0.3) is 0 Å². The van der Waals surface area contributed by atoms with Crippen LogP contribution in [0.15, 0.2) is 174 Å². The van der Waals surface area contributed by atoms with Gasteiger partial charge in [-0.25, -0.2) is 9.97 Å². The summed E-state index contributed by atoms with van der Waals surface area (Å²) in [6, 6.07) is 55.5. The van der Waals surface area contributed by atoms with Gasteiger partial charge in [-0.2, -0.15) is 0 Å². The zero-order valence-electron chi connectivity index (χ0n) is 30.5. The second kappa shape index (κ2) is 12.3. The summed E-state index contributed by atoms with van der Waals surface area (Å²) in [5.74, 6) is 0.860. The maximum atomic E-state index is 4.82. The number of nitrogens with zero attached hydrogens (tertiary/aromatic N) is 3. The minimum Gasteiger partial charge on any atom is -0.278 e. The highest BCUT2D eigenvalue weighted by Crippen LogP contribution is 2.53. The van der Waals surface area contributed by atoms with E-state index in [0.717, 1.165) is 33.3 Å². The second-order valence-corrected chi connectivity index (χ2v) is 16.1. The number of hydrogen-bond donors (Lipinski definition) is 0. The highest BCUT2D eigenvalue weighted by atomic mass is 32.2.